The minimum atomic E-state index is -0.865. The second kappa shape index (κ2) is 52.4. The minimum absolute atomic E-state index is 0.0486. The maximum absolute atomic E-state index is 12.5. The molecule has 6 heteroatoms. The van der Waals surface area contributed by atoms with Crippen molar-refractivity contribution in [1.82, 2.24) is 5.32 Å². The number of rotatable bonds is 50. The third-order valence-electron chi connectivity index (χ3n) is 12.3. The van der Waals surface area contributed by atoms with Gasteiger partial charge in [0, 0.05) is 12.8 Å². The quantitative estimate of drug-likeness (QED) is 0.0321. The molecule has 2 unspecified atom stereocenters. The first kappa shape index (κ1) is 60.8. The van der Waals surface area contributed by atoms with Crippen LogP contribution in [0, 0.1) is 0 Å². The van der Waals surface area contributed by atoms with E-state index in [9.17, 15) is 19.8 Å². The molecule has 0 bridgehead atoms. The van der Waals surface area contributed by atoms with Gasteiger partial charge in [-0.2, -0.15) is 0 Å². The fraction of sp³-hybridized carbons (Fsp3) is 0.825. The Morgan fingerprint density at radius 3 is 1.29 bits per heavy atom. The average Bonchev–Trinajstić information content (AvgIpc) is 3.28. The van der Waals surface area contributed by atoms with Gasteiger partial charge < -0.3 is 20.3 Å². The lowest BCUT2D eigenvalue weighted by atomic mass is 10.0. The maximum atomic E-state index is 12.5. The summed E-state index contributed by atoms with van der Waals surface area (Å²) in [5, 5.41) is 23.1. The lowest BCUT2D eigenvalue weighted by Crippen LogP contribution is -2.45. The molecule has 0 fully saturated rings. The number of hydrogen-bond acceptors (Lipinski definition) is 5. The zero-order valence-corrected chi connectivity index (χ0v) is 41.8. The van der Waals surface area contributed by atoms with Crippen molar-refractivity contribution in [2.75, 3.05) is 13.2 Å². The molecular formula is C57H105NO5. The van der Waals surface area contributed by atoms with E-state index >= 15 is 0 Å². The van der Waals surface area contributed by atoms with Crippen molar-refractivity contribution in [3.05, 3.63) is 48.6 Å². The number of aliphatic hydroxyl groups excluding tert-OH is 2. The topological polar surface area (TPSA) is 95.9 Å². The van der Waals surface area contributed by atoms with Crippen molar-refractivity contribution in [2.45, 2.75) is 289 Å². The van der Waals surface area contributed by atoms with Crippen LogP contribution in [0.15, 0.2) is 48.6 Å². The number of ether oxygens (including phenoxy) is 1. The van der Waals surface area contributed by atoms with Crippen LogP contribution in [0.2, 0.25) is 0 Å². The number of amides is 1. The molecular weight excluding hydrogens is 779 g/mol. The number of carbonyl (C=O) groups excluding carboxylic acids is 2. The van der Waals surface area contributed by atoms with Crippen LogP contribution in [0.5, 0.6) is 0 Å². The summed E-state index contributed by atoms with van der Waals surface area (Å²) in [5.41, 5.74) is 0. The Hall–Kier alpha value is -2.18. The normalized spacial score (nSPS) is 13.0. The third-order valence-corrected chi connectivity index (χ3v) is 12.3. The lowest BCUT2D eigenvalue weighted by molar-refractivity contribution is -0.143. The molecule has 0 aliphatic heterocycles. The monoisotopic (exact) mass is 884 g/mol. The number of esters is 1. The zero-order valence-electron chi connectivity index (χ0n) is 41.8. The first-order valence-electron chi connectivity index (χ1n) is 27.4. The van der Waals surface area contributed by atoms with Crippen molar-refractivity contribution < 1.29 is 24.5 Å². The molecule has 0 saturated heterocycles. The van der Waals surface area contributed by atoms with Gasteiger partial charge in [-0.25, -0.2) is 0 Å². The Kier molecular flexibility index (Phi) is 50.6. The van der Waals surface area contributed by atoms with Crippen molar-refractivity contribution in [3.63, 3.8) is 0 Å². The van der Waals surface area contributed by atoms with Gasteiger partial charge in [0.25, 0.3) is 0 Å². The van der Waals surface area contributed by atoms with E-state index in [0.29, 0.717) is 19.4 Å². The molecule has 0 heterocycles. The number of allylic oxidation sites excluding steroid dienone is 7. The van der Waals surface area contributed by atoms with Crippen LogP contribution in [-0.4, -0.2) is 47.4 Å². The highest BCUT2D eigenvalue weighted by atomic mass is 16.5. The van der Waals surface area contributed by atoms with Crippen LogP contribution >= 0.6 is 0 Å². The van der Waals surface area contributed by atoms with Gasteiger partial charge in [-0.1, -0.05) is 229 Å². The Morgan fingerprint density at radius 2 is 0.825 bits per heavy atom. The third kappa shape index (κ3) is 49.1. The summed E-state index contributed by atoms with van der Waals surface area (Å²) in [6.07, 6.45) is 65.5. The van der Waals surface area contributed by atoms with Crippen molar-refractivity contribution in [1.29, 1.82) is 0 Å². The number of aliphatic hydroxyl groups is 2. The predicted molar refractivity (Wildman–Crippen MR) is 273 cm³/mol. The van der Waals surface area contributed by atoms with E-state index in [1.807, 2.05) is 6.08 Å². The summed E-state index contributed by atoms with van der Waals surface area (Å²) in [6.45, 7) is 4.76. The number of carbonyl (C=O) groups is 2. The highest BCUT2D eigenvalue weighted by Crippen LogP contribution is 2.16. The molecule has 0 radical (unpaired) electrons. The van der Waals surface area contributed by atoms with Crippen LogP contribution in [-0.2, 0) is 14.3 Å². The lowest BCUT2D eigenvalue weighted by Gasteiger charge is -2.20. The van der Waals surface area contributed by atoms with Crippen molar-refractivity contribution >= 4 is 11.9 Å². The molecule has 0 aliphatic rings. The van der Waals surface area contributed by atoms with Crippen LogP contribution in [0.25, 0.3) is 0 Å². The van der Waals surface area contributed by atoms with Gasteiger partial charge in [0.05, 0.1) is 25.4 Å². The molecule has 3 N–H and O–H groups in total. The van der Waals surface area contributed by atoms with Gasteiger partial charge in [-0.15, -0.1) is 0 Å². The number of unbranched alkanes of at least 4 members (excludes halogenated alkanes) is 33. The van der Waals surface area contributed by atoms with Gasteiger partial charge in [-0.05, 0) is 83.5 Å². The summed E-state index contributed by atoms with van der Waals surface area (Å²) in [7, 11) is 0. The molecule has 63 heavy (non-hydrogen) atoms. The summed E-state index contributed by atoms with van der Waals surface area (Å²) in [4.78, 5) is 24.5. The molecule has 0 saturated carbocycles. The van der Waals surface area contributed by atoms with Gasteiger partial charge in [0.1, 0.15) is 0 Å². The summed E-state index contributed by atoms with van der Waals surface area (Å²) in [6, 6.07) is -0.651. The van der Waals surface area contributed by atoms with Crippen LogP contribution < -0.4 is 5.32 Å². The van der Waals surface area contributed by atoms with Gasteiger partial charge >= 0.3 is 5.97 Å². The van der Waals surface area contributed by atoms with Gasteiger partial charge in [-0.3, -0.25) is 9.59 Å². The van der Waals surface area contributed by atoms with E-state index in [4.69, 9.17) is 4.74 Å². The first-order chi connectivity index (χ1) is 31.0. The first-order valence-corrected chi connectivity index (χ1v) is 27.4. The molecule has 0 aromatic heterocycles. The summed E-state index contributed by atoms with van der Waals surface area (Å²) >= 11 is 0. The second-order valence-electron chi connectivity index (χ2n) is 18.5. The van der Waals surface area contributed by atoms with E-state index in [0.717, 1.165) is 96.3 Å². The summed E-state index contributed by atoms with van der Waals surface area (Å²) < 4.78 is 5.42. The molecule has 0 rings (SSSR count). The molecule has 368 valence electrons. The van der Waals surface area contributed by atoms with Gasteiger partial charge in [0.15, 0.2) is 0 Å². The van der Waals surface area contributed by atoms with Crippen LogP contribution in [0.3, 0.4) is 0 Å². The fourth-order valence-electron chi connectivity index (χ4n) is 8.08. The van der Waals surface area contributed by atoms with Gasteiger partial charge in [0.2, 0.25) is 5.91 Å². The number of nitrogens with one attached hydrogen (secondary N) is 1. The van der Waals surface area contributed by atoms with E-state index in [2.05, 4.69) is 55.6 Å². The fourth-order valence-corrected chi connectivity index (χ4v) is 8.08. The molecule has 1 amide bonds. The van der Waals surface area contributed by atoms with Crippen LogP contribution in [0.1, 0.15) is 277 Å². The zero-order chi connectivity index (χ0) is 45.8. The van der Waals surface area contributed by atoms with E-state index in [1.165, 1.54) is 154 Å². The Bertz CT molecular complexity index is 1070. The Morgan fingerprint density at radius 1 is 0.444 bits per heavy atom. The Balaban J connectivity index is 3.56. The standard InChI is InChI=1S/C57H105NO5/c1-3-5-7-9-11-13-15-17-18-19-20-21-22-23-24-25-27-29-33-37-41-45-49-55(60)54(53-59)58-56(61)50-46-42-38-34-30-28-32-36-40-44-48-52-63-57(62)51-47-43-39-35-31-26-16-14-12-10-8-6-4-2/h8,10,14,16,32,36,45,49,54-55,59-60H,3-7,9,11-13,15,17-31,33-35,37-44,46-48,50-53H2,1-2H3,(H,58,61)/b10-8-,16-14-,36-32-,49-45+. The van der Waals surface area contributed by atoms with Crippen molar-refractivity contribution in [2.24, 2.45) is 0 Å². The SMILES string of the molecule is CCC/C=C\C/C=C\CCCCCCCC(=O)OCCCC/C=C\CCCCCCCC(=O)NC(CO)C(O)/C=C/CCCCCCCCCCCCCCCCCCCCCC. The van der Waals surface area contributed by atoms with Crippen molar-refractivity contribution in [3.8, 4) is 0 Å². The highest BCUT2D eigenvalue weighted by Gasteiger charge is 2.18. The molecule has 6 nitrogen and oxygen atoms in total. The molecule has 0 aromatic carbocycles. The van der Waals surface area contributed by atoms with E-state index in [1.54, 1.807) is 6.08 Å². The highest BCUT2D eigenvalue weighted by molar-refractivity contribution is 5.76. The molecule has 0 aromatic rings. The maximum Gasteiger partial charge on any atom is 0.305 e. The van der Waals surface area contributed by atoms with E-state index < -0.39 is 12.1 Å². The van der Waals surface area contributed by atoms with E-state index in [-0.39, 0.29) is 18.5 Å². The van der Waals surface area contributed by atoms with Crippen LogP contribution in [0.4, 0.5) is 0 Å². The minimum Gasteiger partial charge on any atom is -0.466 e. The number of hydrogen-bond donors (Lipinski definition) is 3. The largest absolute Gasteiger partial charge is 0.466 e. The second-order valence-corrected chi connectivity index (χ2v) is 18.5. The Labute approximate surface area is 391 Å². The smallest absolute Gasteiger partial charge is 0.305 e. The molecule has 0 spiro atoms. The molecule has 0 aliphatic carbocycles. The molecule has 2 atom stereocenters. The average molecular weight is 884 g/mol. The summed E-state index contributed by atoms with van der Waals surface area (Å²) in [5.74, 6) is -0.146. The predicted octanol–water partition coefficient (Wildman–Crippen LogP) is 16.6.